The van der Waals surface area contributed by atoms with Gasteiger partial charge < -0.3 is 21.9 Å². The fourth-order valence-corrected chi connectivity index (χ4v) is 3.64. The van der Waals surface area contributed by atoms with E-state index in [1.165, 1.54) is 12.1 Å². The van der Waals surface area contributed by atoms with Gasteiger partial charge in [-0.25, -0.2) is 13.4 Å². The Hall–Kier alpha value is -3.68. The maximum Gasteiger partial charge on any atom is 0.257 e. The van der Waals surface area contributed by atoms with Crippen molar-refractivity contribution >= 4 is 39.2 Å². The molecule has 0 saturated heterocycles. The zero-order valence-electron chi connectivity index (χ0n) is 17.2. The minimum Gasteiger partial charge on any atom is -0.393 e. The van der Waals surface area contributed by atoms with E-state index in [9.17, 15) is 23.1 Å². The summed E-state index contributed by atoms with van der Waals surface area (Å²) in [5, 5.41) is 12.3. The van der Waals surface area contributed by atoms with Crippen LogP contribution >= 0.6 is 0 Å². The molecule has 172 valence electrons. The largest absolute Gasteiger partial charge is 0.393 e. The van der Waals surface area contributed by atoms with Crippen LogP contribution in [-0.2, 0) is 25.2 Å². The first-order valence-electron chi connectivity index (χ1n) is 9.24. The lowest BCUT2D eigenvalue weighted by Crippen LogP contribution is -2.59. The second-order valence-electron chi connectivity index (χ2n) is 6.74. The summed E-state index contributed by atoms with van der Waals surface area (Å²) in [6, 6.07) is 14.3. The number of carbonyl (C=O) groups is 2. The van der Waals surface area contributed by atoms with Crippen molar-refractivity contribution in [2.45, 2.75) is 5.54 Å². The Balaban J connectivity index is 2.03. The highest BCUT2D eigenvalue weighted by molar-refractivity contribution is 7.88. The molecule has 0 aromatic heterocycles. The number of anilines is 1. The van der Waals surface area contributed by atoms with E-state index in [-0.39, 0.29) is 11.5 Å². The molecule has 12 nitrogen and oxygen atoms in total. The number of aliphatic hydroxyl groups excluding tert-OH is 1. The highest BCUT2D eigenvalue weighted by Gasteiger charge is 2.42. The fourth-order valence-electron chi connectivity index (χ4n) is 2.74. The summed E-state index contributed by atoms with van der Waals surface area (Å²) in [6.07, 6.45) is 0.864. The van der Waals surface area contributed by atoms with Gasteiger partial charge in [0.2, 0.25) is 15.9 Å². The van der Waals surface area contributed by atoms with E-state index in [1.54, 1.807) is 42.5 Å². The highest BCUT2D eigenvalue weighted by atomic mass is 32.2. The predicted molar refractivity (Wildman–Crippen MR) is 120 cm³/mol. The molecule has 13 heteroatoms. The van der Waals surface area contributed by atoms with Crippen LogP contribution in [-0.4, -0.2) is 50.7 Å². The number of guanidine groups is 1. The molecule has 0 bridgehead atoms. The topological polar surface area (TPSA) is 201 Å². The Morgan fingerprint density at radius 3 is 2.22 bits per heavy atom. The van der Waals surface area contributed by atoms with Crippen molar-refractivity contribution in [2.24, 2.45) is 16.5 Å². The Morgan fingerprint density at radius 2 is 1.69 bits per heavy atom. The third kappa shape index (κ3) is 6.94. The summed E-state index contributed by atoms with van der Waals surface area (Å²) < 4.78 is 25.9. The number of nitrogens with zero attached hydrogens (tertiary/aromatic N) is 1. The average Bonchev–Trinajstić information content (AvgIpc) is 2.75. The van der Waals surface area contributed by atoms with Crippen LogP contribution in [0.5, 0.6) is 0 Å². The number of nitrogens with one attached hydrogen (secondary N) is 4. The van der Waals surface area contributed by atoms with Crippen molar-refractivity contribution in [1.82, 2.24) is 15.5 Å². The Kier molecular flexibility index (Phi) is 8.12. The van der Waals surface area contributed by atoms with Crippen molar-refractivity contribution in [1.29, 1.82) is 0 Å². The second kappa shape index (κ2) is 10.6. The van der Waals surface area contributed by atoms with Gasteiger partial charge in [0.05, 0.1) is 30.8 Å². The number of amides is 2. The number of nitrogens with two attached hydrogens (primary N) is 2. The lowest BCUT2D eigenvalue weighted by Gasteiger charge is -2.31. The first-order chi connectivity index (χ1) is 15.1. The Bertz CT molecular complexity index is 1070. The lowest BCUT2D eigenvalue weighted by atomic mass is 9.91. The molecule has 0 radical (unpaired) electrons. The molecule has 1 atom stereocenters. The van der Waals surface area contributed by atoms with Gasteiger partial charge in [-0.1, -0.05) is 30.3 Å². The molecule has 0 aliphatic rings. The number of benzene rings is 2. The maximum atomic E-state index is 12.8. The average molecular weight is 464 g/mol. The second-order valence-corrected chi connectivity index (χ2v) is 8.49. The minimum absolute atomic E-state index is 0.0884. The van der Waals surface area contributed by atoms with Gasteiger partial charge in [0.1, 0.15) is 0 Å². The summed E-state index contributed by atoms with van der Waals surface area (Å²) in [5.41, 5.74) is 14.9. The van der Waals surface area contributed by atoms with E-state index < -0.39 is 40.5 Å². The van der Waals surface area contributed by atoms with Gasteiger partial charge in [0.15, 0.2) is 11.5 Å². The van der Waals surface area contributed by atoms with Gasteiger partial charge in [-0.05, 0) is 29.8 Å². The van der Waals surface area contributed by atoms with Gasteiger partial charge in [0.25, 0.3) is 5.91 Å². The minimum atomic E-state index is -3.89. The van der Waals surface area contributed by atoms with Gasteiger partial charge in [-0.15, -0.1) is 0 Å². The molecule has 2 aromatic rings. The third-order valence-electron chi connectivity index (χ3n) is 4.13. The number of rotatable bonds is 10. The summed E-state index contributed by atoms with van der Waals surface area (Å²) >= 11 is 0. The predicted octanol–water partition coefficient (Wildman–Crippen LogP) is -1.41. The number of hydrogen-bond acceptors (Lipinski definition) is 7. The summed E-state index contributed by atoms with van der Waals surface area (Å²) in [4.78, 5) is 28.8. The number of carbonyl (C=O) groups excluding carboxylic acids is 2. The van der Waals surface area contributed by atoms with Gasteiger partial charge in [-0.3, -0.25) is 20.4 Å². The number of hydrogen-bond donors (Lipinski definition) is 7. The molecule has 9 N–H and O–H groups in total. The van der Waals surface area contributed by atoms with Crippen molar-refractivity contribution in [3.05, 3.63) is 60.2 Å². The van der Waals surface area contributed by atoms with E-state index in [2.05, 4.69) is 25.9 Å². The molecular weight excluding hydrogens is 438 g/mol. The molecular formula is C19H25N7O5S. The third-order valence-corrected chi connectivity index (χ3v) is 4.85. The number of aliphatic imine (C=N–C) groups is 1. The number of hydrazine groups is 1. The molecule has 32 heavy (non-hydrogen) atoms. The monoisotopic (exact) mass is 463 g/mol. The Morgan fingerprint density at radius 1 is 1.06 bits per heavy atom. The van der Waals surface area contributed by atoms with Crippen molar-refractivity contribution in [2.75, 3.05) is 24.8 Å². The van der Waals surface area contributed by atoms with Crippen LogP contribution in [0.15, 0.2) is 59.6 Å². The molecule has 2 amide bonds. The van der Waals surface area contributed by atoms with Crippen LogP contribution in [0.1, 0.15) is 5.56 Å². The number of aliphatic hydroxyl groups is 1. The fraction of sp³-hybridized carbons (Fsp3) is 0.211. The van der Waals surface area contributed by atoms with Gasteiger partial charge >= 0.3 is 0 Å². The van der Waals surface area contributed by atoms with Crippen LogP contribution in [0, 0.1) is 0 Å². The standard InChI is InChI=1S/C19H25N7O5S/c1-32(30,31)26-19(12-27,13-5-3-2-4-6-13)17(29)22-11-16(28)25-24-15-9-7-14(8-10-15)23-18(20)21/h2-10,24,26-27H,11-12H2,1H3,(H,22,29)(H,25,28)(H4,20,21,23). The molecule has 2 rings (SSSR count). The van der Waals surface area contributed by atoms with Crippen LogP contribution in [0.25, 0.3) is 0 Å². The van der Waals surface area contributed by atoms with Crippen molar-refractivity contribution in [3.8, 4) is 0 Å². The van der Waals surface area contributed by atoms with E-state index in [1.807, 2.05) is 0 Å². The summed E-state index contributed by atoms with van der Waals surface area (Å²) in [5.74, 6) is -1.60. The van der Waals surface area contributed by atoms with Crippen LogP contribution in [0.2, 0.25) is 0 Å². The van der Waals surface area contributed by atoms with Crippen LogP contribution in [0.3, 0.4) is 0 Å². The molecule has 0 saturated carbocycles. The van der Waals surface area contributed by atoms with Crippen molar-refractivity contribution < 1.29 is 23.1 Å². The Labute approximate surface area is 185 Å². The zero-order chi connectivity index (χ0) is 23.8. The summed E-state index contributed by atoms with van der Waals surface area (Å²) in [6.45, 7) is -1.35. The van der Waals surface area contributed by atoms with Gasteiger partial charge in [0, 0.05) is 0 Å². The molecule has 0 aliphatic heterocycles. The molecule has 0 spiro atoms. The first-order valence-corrected chi connectivity index (χ1v) is 11.1. The van der Waals surface area contributed by atoms with Crippen molar-refractivity contribution in [3.63, 3.8) is 0 Å². The molecule has 0 heterocycles. The molecule has 1 unspecified atom stereocenters. The van der Waals surface area contributed by atoms with Gasteiger partial charge in [-0.2, -0.15) is 4.72 Å². The van der Waals surface area contributed by atoms with E-state index in [0.29, 0.717) is 11.4 Å². The molecule has 0 fully saturated rings. The quantitative estimate of drug-likeness (QED) is 0.126. The number of sulfonamides is 1. The molecule has 2 aromatic carbocycles. The molecule has 0 aliphatic carbocycles. The van der Waals surface area contributed by atoms with E-state index >= 15 is 0 Å². The lowest BCUT2D eigenvalue weighted by molar-refractivity contribution is -0.131. The zero-order valence-corrected chi connectivity index (χ0v) is 18.0. The normalized spacial score (nSPS) is 12.8. The smallest absolute Gasteiger partial charge is 0.257 e. The maximum absolute atomic E-state index is 12.8. The van der Waals surface area contributed by atoms with E-state index in [0.717, 1.165) is 6.26 Å². The summed E-state index contributed by atoms with van der Waals surface area (Å²) in [7, 11) is -3.89. The van der Waals surface area contributed by atoms with E-state index in [4.69, 9.17) is 11.5 Å². The first kappa shape index (κ1) is 24.6. The SMILES string of the molecule is CS(=O)(=O)NC(CO)(C(=O)NCC(=O)NNc1ccc(N=C(N)N)cc1)c1ccccc1. The highest BCUT2D eigenvalue weighted by Crippen LogP contribution is 2.22. The van der Waals surface area contributed by atoms with Crippen LogP contribution in [0.4, 0.5) is 11.4 Å². The van der Waals surface area contributed by atoms with Crippen LogP contribution < -0.4 is 32.4 Å².